The largest absolute Gasteiger partial charge is 0.508 e. The molecule has 0 radical (unpaired) electrons. The van der Waals surface area contributed by atoms with E-state index < -0.39 is 0 Å². The van der Waals surface area contributed by atoms with E-state index in [0.29, 0.717) is 24.7 Å². The lowest BCUT2D eigenvalue weighted by Gasteiger charge is -2.30. The van der Waals surface area contributed by atoms with E-state index >= 15 is 0 Å². The van der Waals surface area contributed by atoms with Gasteiger partial charge < -0.3 is 21.1 Å². The van der Waals surface area contributed by atoms with Crippen LogP contribution in [0.2, 0.25) is 0 Å². The number of aliphatic imine (C=N–C) groups is 1. The van der Waals surface area contributed by atoms with Gasteiger partial charge in [0.1, 0.15) is 5.75 Å². The van der Waals surface area contributed by atoms with Crippen molar-refractivity contribution < 1.29 is 9.90 Å². The lowest BCUT2D eigenvalue weighted by atomic mass is 9.84. The van der Waals surface area contributed by atoms with Crippen LogP contribution < -0.4 is 16.0 Å². The molecule has 2 atom stereocenters. The number of carbonyl (C=O) groups excluding carboxylic acids is 1. The molecule has 0 saturated heterocycles. The number of amides is 1. The molecule has 4 N–H and O–H groups in total. The maximum absolute atomic E-state index is 12.0. The van der Waals surface area contributed by atoms with Gasteiger partial charge in [0.25, 0.3) is 5.91 Å². The standard InChI is InChI=1S/C20H32N4O2.HI/c1-3-15-6-5-7-17(14-15)24-20(21-4-2)23-13-12-22-19(26)16-8-10-18(25)11-9-16;/h8-11,15,17,25H,3-7,12-14H2,1-2H3,(H,22,26)(H2,21,23,24);1H. The highest BCUT2D eigenvalue weighted by Gasteiger charge is 2.21. The van der Waals surface area contributed by atoms with Gasteiger partial charge in [0.15, 0.2) is 5.96 Å². The van der Waals surface area contributed by atoms with Crippen LogP contribution in [0.3, 0.4) is 0 Å². The van der Waals surface area contributed by atoms with E-state index in [2.05, 4.69) is 34.8 Å². The van der Waals surface area contributed by atoms with Crippen molar-refractivity contribution in [2.75, 3.05) is 19.6 Å². The maximum Gasteiger partial charge on any atom is 0.251 e. The topological polar surface area (TPSA) is 85.8 Å². The number of nitrogens with one attached hydrogen (secondary N) is 3. The van der Waals surface area contributed by atoms with Gasteiger partial charge in [-0.3, -0.25) is 9.79 Å². The van der Waals surface area contributed by atoms with E-state index in [9.17, 15) is 9.90 Å². The molecule has 7 heteroatoms. The molecule has 1 aliphatic carbocycles. The Hall–Kier alpha value is -1.51. The summed E-state index contributed by atoms with van der Waals surface area (Å²) in [6, 6.07) is 6.71. The van der Waals surface area contributed by atoms with E-state index in [1.807, 2.05) is 0 Å². The van der Waals surface area contributed by atoms with Crippen LogP contribution >= 0.6 is 24.0 Å². The fraction of sp³-hybridized carbons (Fsp3) is 0.600. The van der Waals surface area contributed by atoms with E-state index in [0.717, 1.165) is 18.4 Å². The van der Waals surface area contributed by atoms with Crippen molar-refractivity contribution in [2.24, 2.45) is 10.9 Å². The number of guanidine groups is 1. The zero-order valence-electron chi connectivity index (χ0n) is 16.3. The lowest BCUT2D eigenvalue weighted by molar-refractivity contribution is 0.0955. The number of hydrogen-bond acceptors (Lipinski definition) is 3. The van der Waals surface area contributed by atoms with E-state index in [1.165, 1.54) is 44.2 Å². The Bertz CT molecular complexity index is 592. The van der Waals surface area contributed by atoms with E-state index in [-0.39, 0.29) is 35.6 Å². The van der Waals surface area contributed by atoms with Crippen LogP contribution in [0.25, 0.3) is 0 Å². The monoisotopic (exact) mass is 488 g/mol. The molecule has 1 amide bonds. The van der Waals surface area contributed by atoms with Gasteiger partial charge >= 0.3 is 0 Å². The molecule has 1 aliphatic rings. The molecule has 1 aromatic carbocycles. The summed E-state index contributed by atoms with van der Waals surface area (Å²) in [5, 5.41) is 19.0. The summed E-state index contributed by atoms with van der Waals surface area (Å²) in [5.41, 5.74) is 0.532. The molecule has 1 fully saturated rings. The number of nitrogens with zero attached hydrogens (tertiary/aromatic N) is 1. The minimum atomic E-state index is -0.156. The summed E-state index contributed by atoms with van der Waals surface area (Å²) in [6.45, 7) is 6.12. The van der Waals surface area contributed by atoms with Crippen molar-refractivity contribution >= 4 is 35.8 Å². The summed E-state index contributed by atoms with van der Waals surface area (Å²) in [6.07, 6.45) is 6.26. The van der Waals surface area contributed by atoms with Gasteiger partial charge in [0, 0.05) is 24.7 Å². The summed E-state index contributed by atoms with van der Waals surface area (Å²) in [4.78, 5) is 16.6. The summed E-state index contributed by atoms with van der Waals surface area (Å²) >= 11 is 0. The Morgan fingerprint density at radius 1 is 1.19 bits per heavy atom. The van der Waals surface area contributed by atoms with Gasteiger partial charge in [-0.05, 0) is 49.9 Å². The number of aromatic hydroxyl groups is 1. The normalized spacial score (nSPS) is 19.7. The molecule has 27 heavy (non-hydrogen) atoms. The Balaban J connectivity index is 0.00000364. The van der Waals surface area contributed by atoms with Crippen molar-refractivity contribution in [3.8, 4) is 5.75 Å². The highest BCUT2D eigenvalue weighted by atomic mass is 127. The van der Waals surface area contributed by atoms with Crippen LogP contribution in [0.15, 0.2) is 29.3 Å². The predicted molar refractivity (Wildman–Crippen MR) is 121 cm³/mol. The molecular weight excluding hydrogens is 455 g/mol. The minimum absolute atomic E-state index is 0. The zero-order valence-corrected chi connectivity index (χ0v) is 18.7. The van der Waals surface area contributed by atoms with Crippen molar-refractivity contribution in [2.45, 2.75) is 52.0 Å². The Kier molecular flexibility index (Phi) is 11.2. The van der Waals surface area contributed by atoms with E-state index in [4.69, 9.17) is 0 Å². The summed E-state index contributed by atoms with van der Waals surface area (Å²) in [5.74, 6) is 1.64. The van der Waals surface area contributed by atoms with Crippen molar-refractivity contribution in [1.29, 1.82) is 0 Å². The smallest absolute Gasteiger partial charge is 0.251 e. The number of carbonyl (C=O) groups is 1. The highest BCUT2D eigenvalue weighted by Crippen LogP contribution is 2.26. The molecule has 2 rings (SSSR count). The zero-order chi connectivity index (χ0) is 18.8. The first-order valence-electron chi connectivity index (χ1n) is 9.74. The van der Waals surface area contributed by atoms with Gasteiger partial charge in [0.2, 0.25) is 0 Å². The number of rotatable bonds is 7. The first-order valence-corrected chi connectivity index (χ1v) is 9.74. The van der Waals surface area contributed by atoms with Gasteiger partial charge in [0.05, 0.1) is 6.54 Å². The SMILES string of the molecule is CCNC(=NCCNC(=O)c1ccc(O)cc1)NC1CCCC(CC)C1.I. The third-order valence-electron chi connectivity index (χ3n) is 4.84. The Morgan fingerprint density at radius 2 is 1.93 bits per heavy atom. The second-order valence-electron chi connectivity index (χ2n) is 6.85. The van der Waals surface area contributed by atoms with Gasteiger partial charge in [-0.2, -0.15) is 0 Å². The van der Waals surface area contributed by atoms with Crippen LogP contribution in [-0.2, 0) is 0 Å². The Morgan fingerprint density at radius 3 is 2.59 bits per heavy atom. The van der Waals surface area contributed by atoms with Crippen molar-refractivity contribution in [1.82, 2.24) is 16.0 Å². The van der Waals surface area contributed by atoms with Crippen LogP contribution in [0.4, 0.5) is 0 Å². The molecule has 152 valence electrons. The third-order valence-corrected chi connectivity index (χ3v) is 4.84. The molecule has 0 spiro atoms. The fourth-order valence-corrected chi connectivity index (χ4v) is 3.36. The van der Waals surface area contributed by atoms with Crippen molar-refractivity contribution in [3.05, 3.63) is 29.8 Å². The minimum Gasteiger partial charge on any atom is -0.508 e. The second-order valence-corrected chi connectivity index (χ2v) is 6.85. The summed E-state index contributed by atoms with van der Waals surface area (Å²) in [7, 11) is 0. The number of hydrogen-bond donors (Lipinski definition) is 4. The molecule has 2 unspecified atom stereocenters. The molecule has 6 nitrogen and oxygen atoms in total. The number of phenols is 1. The number of phenolic OH excluding ortho intramolecular Hbond substituents is 1. The fourth-order valence-electron chi connectivity index (χ4n) is 3.36. The quantitative estimate of drug-likeness (QED) is 0.206. The highest BCUT2D eigenvalue weighted by molar-refractivity contribution is 14.0. The second kappa shape index (κ2) is 12.8. The maximum atomic E-state index is 12.0. The van der Waals surface area contributed by atoms with E-state index in [1.54, 1.807) is 12.1 Å². The number of benzene rings is 1. The molecule has 0 aromatic heterocycles. The van der Waals surface area contributed by atoms with Crippen LogP contribution in [0.5, 0.6) is 5.75 Å². The van der Waals surface area contributed by atoms with Gasteiger partial charge in [-0.25, -0.2) is 0 Å². The molecule has 0 aliphatic heterocycles. The molecular formula is C20H33IN4O2. The molecule has 1 saturated carbocycles. The van der Waals surface area contributed by atoms with Crippen LogP contribution in [-0.4, -0.2) is 42.6 Å². The first kappa shape index (κ1) is 23.5. The number of halogens is 1. The average Bonchev–Trinajstić information content (AvgIpc) is 2.66. The molecule has 1 aromatic rings. The van der Waals surface area contributed by atoms with Crippen LogP contribution in [0, 0.1) is 5.92 Å². The lowest BCUT2D eigenvalue weighted by Crippen LogP contribution is -2.45. The first-order chi connectivity index (χ1) is 12.6. The average molecular weight is 488 g/mol. The van der Waals surface area contributed by atoms with Crippen molar-refractivity contribution in [3.63, 3.8) is 0 Å². The van der Waals surface area contributed by atoms with Gasteiger partial charge in [-0.15, -0.1) is 24.0 Å². The Labute approximate surface area is 179 Å². The third kappa shape index (κ3) is 8.36. The van der Waals surface area contributed by atoms with Gasteiger partial charge in [-0.1, -0.05) is 26.2 Å². The summed E-state index contributed by atoms with van der Waals surface area (Å²) < 4.78 is 0. The van der Waals surface area contributed by atoms with Crippen LogP contribution in [0.1, 0.15) is 56.3 Å². The molecule has 0 heterocycles. The predicted octanol–water partition coefficient (Wildman–Crippen LogP) is 3.26. The molecule has 0 bridgehead atoms.